The van der Waals surface area contributed by atoms with Crippen LogP contribution in [0.4, 0.5) is 5.69 Å². The molecule has 0 radical (unpaired) electrons. The number of aliphatic carboxylic acids is 1. The van der Waals surface area contributed by atoms with Gasteiger partial charge in [0, 0.05) is 41.5 Å². The molecule has 2 heterocycles. The van der Waals surface area contributed by atoms with Crippen molar-refractivity contribution in [2.75, 3.05) is 6.54 Å². The maximum atomic E-state index is 10.6. The third-order valence-electron chi connectivity index (χ3n) is 5.40. The molecule has 0 fully saturated rings. The number of hydrogen-bond donors (Lipinski definition) is 1. The molecule has 0 aliphatic carbocycles. The van der Waals surface area contributed by atoms with Gasteiger partial charge in [-0.25, -0.2) is 0 Å². The molecule has 128 valence electrons. The monoisotopic (exact) mass is 344 g/mol. The van der Waals surface area contributed by atoms with E-state index in [1.54, 1.807) is 0 Å². The van der Waals surface area contributed by atoms with Crippen molar-refractivity contribution < 1.29 is 14.5 Å². The van der Waals surface area contributed by atoms with Gasteiger partial charge in [0.25, 0.3) is 0 Å². The van der Waals surface area contributed by atoms with Crippen LogP contribution in [0.2, 0.25) is 0 Å². The normalized spacial score (nSPS) is 16.0. The minimum atomic E-state index is -0.694. The Hall–Kier alpha value is -1.68. The number of thiophene rings is 1. The van der Waals surface area contributed by atoms with Crippen LogP contribution in [0, 0.1) is 6.92 Å². The van der Waals surface area contributed by atoms with E-state index in [9.17, 15) is 4.79 Å². The number of unbranched alkanes of at least 4 members (excludes halogenated alkanes) is 2. The van der Waals surface area contributed by atoms with E-state index >= 15 is 0 Å². The van der Waals surface area contributed by atoms with E-state index in [4.69, 9.17) is 5.11 Å². The summed E-state index contributed by atoms with van der Waals surface area (Å²) in [5.74, 6) is -0.694. The molecule has 1 N–H and O–H groups in total. The van der Waals surface area contributed by atoms with Gasteiger partial charge in [0.2, 0.25) is 5.69 Å². The van der Waals surface area contributed by atoms with Gasteiger partial charge in [-0.05, 0) is 50.6 Å². The highest BCUT2D eigenvalue weighted by Crippen LogP contribution is 2.46. The minimum absolute atomic E-state index is 0.0451. The van der Waals surface area contributed by atoms with Crippen LogP contribution in [0.5, 0.6) is 0 Å². The summed E-state index contributed by atoms with van der Waals surface area (Å²) in [5, 5.41) is 12.4. The quantitative estimate of drug-likeness (QED) is 0.574. The number of carboxylic acids is 1. The lowest BCUT2D eigenvalue weighted by molar-refractivity contribution is -0.439. The first-order valence-electron chi connectivity index (χ1n) is 8.68. The summed E-state index contributed by atoms with van der Waals surface area (Å²) in [7, 11) is 0. The Morgan fingerprint density at radius 3 is 2.71 bits per heavy atom. The Morgan fingerprint density at radius 1 is 1.25 bits per heavy atom. The van der Waals surface area contributed by atoms with Crippen LogP contribution in [0.15, 0.2) is 17.5 Å². The topological polar surface area (TPSA) is 40.3 Å². The first-order chi connectivity index (χ1) is 11.3. The Kier molecular flexibility index (Phi) is 4.52. The summed E-state index contributed by atoms with van der Waals surface area (Å²) in [6.07, 6.45) is 3.03. The van der Waals surface area contributed by atoms with E-state index < -0.39 is 5.97 Å². The van der Waals surface area contributed by atoms with Crippen molar-refractivity contribution in [3.63, 3.8) is 0 Å². The zero-order valence-electron chi connectivity index (χ0n) is 15.0. The molecule has 1 aliphatic heterocycles. The first kappa shape index (κ1) is 17.2. The zero-order chi connectivity index (χ0) is 17.5. The largest absolute Gasteiger partial charge is 0.481 e. The van der Waals surface area contributed by atoms with Crippen LogP contribution in [-0.2, 0) is 10.2 Å². The van der Waals surface area contributed by atoms with E-state index in [0.29, 0.717) is 0 Å². The third-order valence-corrected chi connectivity index (χ3v) is 6.45. The molecule has 0 saturated carbocycles. The van der Waals surface area contributed by atoms with Gasteiger partial charge >= 0.3 is 5.97 Å². The van der Waals surface area contributed by atoms with E-state index in [-0.39, 0.29) is 11.8 Å². The third kappa shape index (κ3) is 2.77. The predicted molar refractivity (Wildman–Crippen MR) is 101 cm³/mol. The fourth-order valence-electron chi connectivity index (χ4n) is 3.87. The molecule has 0 spiro atoms. The number of nitrogens with zero attached hydrogens (tertiary/aromatic N) is 1. The van der Waals surface area contributed by atoms with Crippen LogP contribution in [-0.4, -0.2) is 27.9 Å². The summed E-state index contributed by atoms with van der Waals surface area (Å²) in [5.41, 5.74) is 5.59. The fourth-order valence-corrected chi connectivity index (χ4v) is 4.75. The highest BCUT2D eigenvalue weighted by molar-refractivity contribution is 7.17. The van der Waals surface area contributed by atoms with E-state index in [0.717, 1.165) is 25.8 Å². The molecule has 2 aromatic rings. The molecule has 0 saturated heterocycles. The fraction of sp³-hybridized carbons (Fsp3) is 0.500. The average Bonchev–Trinajstić information content (AvgIpc) is 3.04. The van der Waals surface area contributed by atoms with Gasteiger partial charge in [0.05, 0.1) is 5.41 Å². The van der Waals surface area contributed by atoms with Crippen molar-refractivity contribution in [3.8, 4) is 0 Å². The standard InChI is InChI=1S/C20H25NO2S/c1-13-12-16-18(15-9-11-24-19(13)15)20(3,4)14(2)21(16)10-7-5-6-8-17(22)23/h9,11-12H,5-8,10H2,1-4H3/p+1. The van der Waals surface area contributed by atoms with E-state index in [1.165, 1.54) is 32.6 Å². The highest BCUT2D eigenvalue weighted by Gasteiger charge is 2.44. The first-order valence-corrected chi connectivity index (χ1v) is 9.56. The van der Waals surface area contributed by atoms with Gasteiger partial charge in [0.1, 0.15) is 6.54 Å². The summed E-state index contributed by atoms with van der Waals surface area (Å²) in [6, 6.07) is 4.60. The van der Waals surface area contributed by atoms with Gasteiger partial charge in [-0.1, -0.05) is 0 Å². The Bertz CT molecular complexity index is 830. The van der Waals surface area contributed by atoms with E-state index in [1.807, 2.05) is 11.3 Å². The second-order valence-corrected chi connectivity index (χ2v) is 8.23. The van der Waals surface area contributed by atoms with Gasteiger partial charge in [-0.3, -0.25) is 4.79 Å². The zero-order valence-corrected chi connectivity index (χ0v) is 15.8. The second kappa shape index (κ2) is 6.32. The maximum absolute atomic E-state index is 10.6. The van der Waals surface area contributed by atoms with Crippen LogP contribution >= 0.6 is 11.3 Å². The van der Waals surface area contributed by atoms with Crippen molar-refractivity contribution in [1.82, 2.24) is 0 Å². The van der Waals surface area contributed by atoms with Crippen molar-refractivity contribution >= 4 is 38.8 Å². The lowest BCUT2D eigenvalue weighted by Gasteiger charge is -2.16. The molecule has 1 aromatic heterocycles. The molecule has 0 amide bonds. The SMILES string of the molecule is CC1=[N+](CCCCCC(=O)O)c2cc(C)c3sccc3c2C1(C)C. The second-order valence-electron chi connectivity index (χ2n) is 7.32. The number of carboxylic acid groups (broad SMARTS) is 1. The number of fused-ring (bicyclic) bond motifs is 3. The van der Waals surface area contributed by atoms with Crippen molar-refractivity contribution in [1.29, 1.82) is 0 Å². The molecule has 24 heavy (non-hydrogen) atoms. The summed E-state index contributed by atoms with van der Waals surface area (Å²) in [6.45, 7) is 10.0. The van der Waals surface area contributed by atoms with Crippen LogP contribution < -0.4 is 0 Å². The molecular formula is C20H26NO2S+. The lowest BCUT2D eigenvalue weighted by Crippen LogP contribution is -2.26. The molecule has 1 aliphatic rings. The molecule has 1 aromatic carbocycles. The number of hydrogen-bond acceptors (Lipinski definition) is 2. The van der Waals surface area contributed by atoms with Crippen LogP contribution in [0.1, 0.15) is 57.6 Å². The average molecular weight is 345 g/mol. The van der Waals surface area contributed by atoms with Gasteiger partial charge in [-0.2, -0.15) is 4.58 Å². The summed E-state index contributed by atoms with van der Waals surface area (Å²) >= 11 is 1.83. The molecule has 3 rings (SSSR count). The molecule has 3 nitrogen and oxygen atoms in total. The Balaban J connectivity index is 1.90. The molecule has 0 atom stereocenters. The van der Waals surface area contributed by atoms with Crippen LogP contribution in [0.3, 0.4) is 0 Å². The Morgan fingerprint density at radius 2 is 2.00 bits per heavy atom. The molecule has 4 heteroatoms. The minimum Gasteiger partial charge on any atom is -0.481 e. The summed E-state index contributed by atoms with van der Waals surface area (Å²) in [4.78, 5) is 10.6. The van der Waals surface area contributed by atoms with E-state index in [2.05, 4.69) is 49.8 Å². The molecular weight excluding hydrogens is 318 g/mol. The smallest absolute Gasteiger partial charge is 0.303 e. The highest BCUT2D eigenvalue weighted by atomic mass is 32.1. The van der Waals surface area contributed by atoms with Gasteiger partial charge < -0.3 is 5.11 Å². The van der Waals surface area contributed by atoms with Gasteiger partial charge in [0.15, 0.2) is 5.71 Å². The predicted octanol–water partition coefficient (Wildman–Crippen LogP) is 5.25. The lowest BCUT2D eigenvalue weighted by atomic mass is 9.80. The van der Waals surface area contributed by atoms with Crippen molar-refractivity contribution in [2.24, 2.45) is 0 Å². The number of carbonyl (C=O) groups is 1. The number of rotatable bonds is 6. The van der Waals surface area contributed by atoms with Gasteiger partial charge in [-0.15, -0.1) is 11.3 Å². The van der Waals surface area contributed by atoms with Crippen molar-refractivity contribution in [3.05, 3.63) is 28.6 Å². The number of benzene rings is 1. The molecule has 0 bridgehead atoms. The van der Waals surface area contributed by atoms with Crippen LogP contribution in [0.25, 0.3) is 10.1 Å². The number of aryl methyl sites for hydroxylation is 1. The maximum Gasteiger partial charge on any atom is 0.303 e. The summed E-state index contributed by atoms with van der Waals surface area (Å²) < 4.78 is 3.86. The van der Waals surface area contributed by atoms with Crippen molar-refractivity contribution in [2.45, 2.75) is 58.8 Å². The Labute approximate surface area is 147 Å². The molecule has 0 unspecified atom stereocenters.